The number of benzene rings is 1. The van der Waals surface area contributed by atoms with Crippen LogP contribution in [0.5, 0.6) is 5.75 Å². The summed E-state index contributed by atoms with van der Waals surface area (Å²) in [7, 11) is -1.48. The second kappa shape index (κ2) is 12.5. The van der Waals surface area contributed by atoms with Crippen LogP contribution in [0.25, 0.3) is 0 Å². The van der Waals surface area contributed by atoms with E-state index in [0.29, 0.717) is 29.9 Å². The van der Waals surface area contributed by atoms with E-state index in [1.54, 1.807) is 0 Å². The maximum atomic E-state index is 13.2. The van der Waals surface area contributed by atoms with E-state index in [2.05, 4.69) is 13.0 Å². The van der Waals surface area contributed by atoms with E-state index in [1.165, 1.54) is 5.56 Å². The van der Waals surface area contributed by atoms with Crippen LogP contribution in [0.2, 0.25) is 0 Å². The molecule has 228 valence electrons. The van der Waals surface area contributed by atoms with Crippen molar-refractivity contribution in [1.82, 2.24) is 0 Å². The fourth-order valence-corrected chi connectivity index (χ4v) is 8.72. The molecule has 3 aliphatic rings. The number of aliphatic hydroxyl groups is 3. The van der Waals surface area contributed by atoms with Gasteiger partial charge < -0.3 is 20.1 Å². The molecule has 0 bridgehead atoms. The lowest BCUT2D eigenvalue weighted by molar-refractivity contribution is -0.284. The molecule has 40 heavy (non-hydrogen) atoms. The minimum atomic E-state index is -5.59. The van der Waals surface area contributed by atoms with Gasteiger partial charge in [0.1, 0.15) is 18.5 Å². The lowest BCUT2D eigenvalue weighted by atomic mass is 9.52. The minimum Gasteiger partial charge on any atom is -0.491 e. The Kier molecular flexibility index (Phi) is 9.90. The highest BCUT2D eigenvalue weighted by molar-refractivity contribution is 7.84. The zero-order valence-corrected chi connectivity index (χ0v) is 23.7. The number of fused-ring (bicyclic) bond motifs is 5. The van der Waals surface area contributed by atoms with Crippen molar-refractivity contribution >= 4 is 10.8 Å². The summed E-state index contributed by atoms with van der Waals surface area (Å²) >= 11 is 0. The van der Waals surface area contributed by atoms with Gasteiger partial charge in [0.15, 0.2) is 0 Å². The number of hydrogen-bond donors (Lipinski definition) is 3. The maximum absolute atomic E-state index is 13.2. The fourth-order valence-electron chi connectivity index (χ4n) is 7.56. The number of hydrogen-bond acceptors (Lipinski definition) is 5. The first kappa shape index (κ1) is 31.6. The molecule has 0 amide bonds. The molecular weight excluding hydrogens is 555 g/mol. The Labute approximate surface area is 235 Å². The van der Waals surface area contributed by atoms with Gasteiger partial charge in [-0.2, -0.15) is 22.0 Å². The summed E-state index contributed by atoms with van der Waals surface area (Å²) in [6.07, 6.45) is -3.01. The van der Waals surface area contributed by atoms with Gasteiger partial charge in [0, 0.05) is 28.7 Å². The van der Waals surface area contributed by atoms with Gasteiger partial charge in [-0.05, 0) is 104 Å². The Bertz CT molecular complexity index is 1040. The van der Waals surface area contributed by atoms with Crippen molar-refractivity contribution in [3.05, 3.63) is 29.3 Å². The first-order valence-corrected chi connectivity index (χ1v) is 15.8. The lowest BCUT2D eigenvalue weighted by Gasteiger charge is -2.53. The Morgan fingerprint density at radius 3 is 2.55 bits per heavy atom. The van der Waals surface area contributed by atoms with Crippen molar-refractivity contribution < 1.29 is 46.2 Å². The van der Waals surface area contributed by atoms with Gasteiger partial charge in [0.25, 0.3) is 0 Å². The summed E-state index contributed by atoms with van der Waals surface area (Å²) in [5.41, 5.74) is 2.28. The molecule has 0 heterocycles. The first-order chi connectivity index (χ1) is 18.8. The Morgan fingerprint density at radius 2 is 1.85 bits per heavy atom. The number of ether oxygens (including phenoxy) is 1. The van der Waals surface area contributed by atoms with Gasteiger partial charge in [-0.15, -0.1) is 0 Å². The molecule has 5 nitrogen and oxygen atoms in total. The van der Waals surface area contributed by atoms with Crippen LogP contribution < -0.4 is 4.74 Å². The normalized spacial score (nSPS) is 31.7. The molecule has 1 aromatic rings. The summed E-state index contributed by atoms with van der Waals surface area (Å²) in [6, 6.07) is 5.96. The van der Waals surface area contributed by atoms with E-state index in [-0.39, 0.29) is 35.5 Å². The van der Waals surface area contributed by atoms with Crippen LogP contribution in [0, 0.1) is 23.2 Å². The third-order valence-corrected chi connectivity index (χ3v) is 11.2. The second-order valence-electron chi connectivity index (χ2n) is 12.2. The molecule has 2 saturated carbocycles. The SMILES string of the molecule is C[C@]12CC[C@@H]3c4ccc(OCC(O)CO)cc4C[C@@H](CCCS(=O)CCCC(F)(F)C(F)(F)F)[C@H]3[C@@H]1CC[C@@H]2O. The van der Waals surface area contributed by atoms with Gasteiger partial charge in [0.05, 0.1) is 12.7 Å². The highest BCUT2D eigenvalue weighted by atomic mass is 32.2. The Hall–Kier alpha value is -1.30. The average Bonchev–Trinajstić information content (AvgIpc) is 3.20. The highest BCUT2D eigenvalue weighted by Crippen LogP contribution is 2.62. The van der Waals surface area contributed by atoms with Crippen LogP contribution in [0.3, 0.4) is 0 Å². The summed E-state index contributed by atoms with van der Waals surface area (Å²) in [5.74, 6) is -2.84. The number of alkyl halides is 5. The third-order valence-electron chi connectivity index (χ3n) is 9.70. The van der Waals surface area contributed by atoms with E-state index in [4.69, 9.17) is 9.84 Å². The summed E-state index contributed by atoms with van der Waals surface area (Å²) in [4.78, 5) is 0. The summed E-state index contributed by atoms with van der Waals surface area (Å²) < 4.78 is 81.7. The first-order valence-electron chi connectivity index (χ1n) is 14.3. The second-order valence-corrected chi connectivity index (χ2v) is 13.9. The molecule has 11 heteroatoms. The van der Waals surface area contributed by atoms with E-state index >= 15 is 0 Å². The smallest absolute Gasteiger partial charge is 0.453 e. The van der Waals surface area contributed by atoms with Crippen LogP contribution >= 0.6 is 0 Å². The van der Waals surface area contributed by atoms with Crippen LogP contribution in [0.1, 0.15) is 75.3 Å². The molecule has 2 unspecified atom stereocenters. The quantitative estimate of drug-likeness (QED) is 0.283. The Morgan fingerprint density at radius 1 is 1.12 bits per heavy atom. The average molecular weight is 597 g/mol. The van der Waals surface area contributed by atoms with Crippen molar-refractivity contribution in [2.75, 3.05) is 24.7 Å². The van der Waals surface area contributed by atoms with Crippen LogP contribution in [-0.4, -0.2) is 68.6 Å². The molecule has 3 aliphatic carbocycles. The topological polar surface area (TPSA) is 87.0 Å². The van der Waals surface area contributed by atoms with Crippen molar-refractivity contribution in [1.29, 1.82) is 0 Å². The van der Waals surface area contributed by atoms with Crippen molar-refractivity contribution in [2.24, 2.45) is 23.2 Å². The molecule has 1 aromatic carbocycles. The van der Waals surface area contributed by atoms with Crippen LogP contribution in [0.4, 0.5) is 22.0 Å². The molecule has 3 N–H and O–H groups in total. The van der Waals surface area contributed by atoms with Gasteiger partial charge in [-0.3, -0.25) is 4.21 Å². The van der Waals surface area contributed by atoms with Crippen LogP contribution in [0.15, 0.2) is 18.2 Å². The molecular formula is C29H41F5O5S. The number of rotatable bonds is 12. The zero-order valence-electron chi connectivity index (χ0n) is 22.8. The van der Waals surface area contributed by atoms with Crippen LogP contribution in [-0.2, 0) is 17.2 Å². The van der Waals surface area contributed by atoms with E-state index in [0.717, 1.165) is 44.1 Å². The molecule has 0 aromatic heterocycles. The standard InChI is InChI=1S/C29H41F5O5S/c1-27-11-9-23-22-6-5-21(39-17-20(36)16-35)15-19(22)14-18(26(23)24(27)7-8-25(27)37)4-2-12-40(38)13-3-10-28(30,31)29(32,33)34/h5-6,15,18,20,23-26,35-37H,2-4,7-14,16-17H2,1H3/t18-,20?,23-,24+,25+,26-,27+,40?/m1/s1. The predicted molar refractivity (Wildman–Crippen MR) is 142 cm³/mol. The minimum absolute atomic E-state index is 0.0240. The molecule has 0 radical (unpaired) electrons. The fraction of sp³-hybridized carbons (Fsp3) is 0.793. The lowest BCUT2D eigenvalue weighted by Crippen LogP contribution is -2.47. The largest absolute Gasteiger partial charge is 0.491 e. The van der Waals surface area contributed by atoms with Crippen molar-refractivity contribution in [3.63, 3.8) is 0 Å². The van der Waals surface area contributed by atoms with Gasteiger partial charge in [-0.1, -0.05) is 13.0 Å². The molecule has 0 saturated heterocycles. The molecule has 0 spiro atoms. The highest BCUT2D eigenvalue weighted by Gasteiger charge is 2.57. The van der Waals surface area contributed by atoms with Gasteiger partial charge >= 0.3 is 12.1 Å². The van der Waals surface area contributed by atoms with E-state index in [1.807, 2.05) is 12.1 Å². The molecule has 8 atom stereocenters. The Balaban J connectivity index is 1.43. The number of halogens is 5. The monoisotopic (exact) mass is 596 g/mol. The summed E-state index contributed by atoms with van der Waals surface area (Å²) in [6.45, 7) is 1.77. The zero-order chi connectivity index (χ0) is 29.3. The molecule has 0 aliphatic heterocycles. The summed E-state index contributed by atoms with van der Waals surface area (Å²) in [5, 5.41) is 29.6. The van der Waals surface area contributed by atoms with E-state index < -0.39 is 48.5 Å². The van der Waals surface area contributed by atoms with Crippen molar-refractivity contribution in [2.45, 2.75) is 94.9 Å². The van der Waals surface area contributed by atoms with E-state index in [9.17, 15) is 36.4 Å². The van der Waals surface area contributed by atoms with Gasteiger partial charge in [0.2, 0.25) is 0 Å². The predicted octanol–water partition coefficient (Wildman–Crippen LogP) is 5.37. The van der Waals surface area contributed by atoms with Gasteiger partial charge in [-0.25, -0.2) is 0 Å². The molecule has 4 rings (SSSR count). The number of aliphatic hydroxyl groups excluding tert-OH is 3. The molecule has 2 fully saturated rings. The maximum Gasteiger partial charge on any atom is 0.453 e. The third kappa shape index (κ3) is 6.68. The van der Waals surface area contributed by atoms with Crippen molar-refractivity contribution in [3.8, 4) is 5.75 Å².